The van der Waals surface area contributed by atoms with Gasteiger partial charge in [0.1, 0.15) is 11.9 Å². The fraction of sp³-hybridized carbons (Fsp3) is 0.227. The lowest BCUT2D eigenvalue weighted by Crippen LogP contribution is -2.40. The summed E-state index contributed by atoms with van der Waals surface area (Å²) in [5.41, 5.74) is 0.103. The number of nitrogens with zero attached hydrogens (tertiary/aromatic N) is 3. The maximum atomic E-state index is 13.0. The highest BCUT2D eigenvalue weighted by Crippen LogP contribution is 2.31. The first-order valence-corrected chi connectivity index (χ1v) is 10.0. The van der Waals surface area contributed by atoms with Crippen molar-refractivity contribution >= 4 is 40.4 Å². The molecule has 1 saturated heterocycles. The van der Waals surface area contributed by atoms with Crippen molar-refractivity contribution in [2.24, 2.45) is 5.92 Å². The van der Waals surface area contributed by atoms with Gasteiger partial charge in [-0.1, -0.05) is 0 Å². The molecule has 176 valence electrons. The summed E-state index contributed by atoms with van der Waals surface area (Å²) in [6.07, 6.45) is -3.34. The third-order valence-corrected chi connectivity index (χ3v) is 5.47. The smallest absolute Gasteiger partial charge is 0.416 e. The molecule has 4 rings (SSSR count). The van der Waals surface area contributed by atoms with E-state index < -0.39 is 41.5 Å². The number of carbonyl (C=O) groups excluding carboxylic acids is 1. The van der Waals surface area contributed by atoms with E-state index in [-0.39, 0.29) is 35.4 Å². The second kappa shape index (κ2) is 8.61. The van der Waals surface area contributed by atoms with Gasteiger partial charge in [0.15, 0.2) is 0 Å². The quantitative estimate of drug-likeness (QED) is 0.513. The maximum absolute atomic E-state index is 13.0. The number of aromatic nitrogens is 2. The van der Waals surface area contributed by atoms with Crippen LogP contribution in [-0.4, -0.2) is 55.5 Å². The first kappa shape index (κ1) is 23.0. The van der Waals surface area contributed by atoms with Crippen LogP contribution in [0.15, 0.2) is 48.7 Å². The van der Waals surface area contributed by atoms with Gasteiger partial charge in [0.2, 0.25) is 0 Å². The molecule has 12 heteroatoms. The first-order valence-electron chi connectivity index (χ1n) is 10.0. The molecule has 2 heterocycles. The van der Waals surface area contributed by atoms with E-state index in [1.807, 2.05) is 0 Å². The number of fused-ring (bicyclic) bond motifs is 1. The second-order valence-corrected chi connectivity index (χ2v) is 7.74. The summed E-state index contributed by atoms with van der Waals surface area (Å²) in [6.45, 7) is -0.211. The summed E-state index contributed by atoms with van der Waals surface area (Å²) in [6, 6.07) is 7.68. The fourth-order valence-corrected chi connectivity index (χ4v) is 3.73. The van der Waals surface area contributed by atoms with Crippen molar-refractivity contribution in [3.63, 3.8) is 0 Å². The van der Waals surface area contributed by atoms with Gasteiger partial charge in [-0.25, -0.2) is 9.78 Å². The number of carboxylic acids is 2. The van der Waals surface area contributed by atoms with Gasteiger partial charge >= 0.3 is 18.1 Å². The minimum absolute atomic E-state index is 0.0494. The molecular weight excluding hydrogens is 457 g/mol. The normalized spacial score (nSPS) is 18.1. The summed E-state index contributed by atoms with van der Waals surface area (Å²) >= 11 is 0. The highest BCUT2D eigenvalue weighted by Gasteiger charge is 2.42. The molecule has 3 aromatic rings. The molecule has 2 atom stereocenters. The predicted octanol–water partition coefficient (Wildman–Crippen LogP) is 3.39. The van der Waals surface area contributed by atoms with Crippen molar-refractivity contribution in [2.45, 2.75) is 18.6 Å². The monoisotopic (exact) mass is 474 g/mol. The Balaban J connectivity index is 1.51. The number of hydrogen-bond donors (Lipinski definition) is 3. The molecule has 9 nitrogen and oxygen atoms in total. The number of carbonyl (C=O) groups is 3. The zero-order chi connectivity index (χ0) is 24.6. The van der Waals surface area contributed by atoms with E-state index in [0.717, 1.165) is 17.0 Å². The average Bonchev–Trinajstić information content (AvgIpc) is 3.24. The topological polar surface area (TPSA) is 133 Å². The van der Waals surface area contributed by atoms with Gasteiger partial charge in [-0.3, -0.25) is 14.6 Å². The lowest BCUT2D eigenvalue weighted by molar-refractivity contribution is -0.142. The summed E-state index contributed by atoms with van der Waals surface area (Å²) in [7, 11) is 0. The van der Waals surface area contributed by atoms with Crippen molar-refractivity contribution in [1.29, 1.82) is 0 Å². The molecule has 3 N–H and O–H groups in total. The number of alkyl halides is 3. The van der Waals surface area contributed by atoms with Crippen molar-refractivity contribution in [2.75, 3.05) is 11.9 Å². The highest BCUT2D eigenvalue weighted by atomic mass is 19.4. The van der Waals surface area contributed by atoms with Crippen LogP contribution in [0, 0.1) is 5.92 Å². The minimum atomic E-state index is -4.51. The number of hydrogen-bond acceptors (Lipinski definition) is 6. The van der Waals surface area contributed by atoms with E-state index in [4.69, 9.17) is 0 Å². The number of aliphatic carboxylic acids is 2. The van der Waals surface area contributed by atoms with E-state index in [1.54, 1.807) is 0 Å². The van der Waals surface area contributed by atoms with E-state index in [2.05, 4.69) is 15.3 Å². The van der Waals surface area contributed by atoms with Gasteiger partial charge in [-0.2, -0.15) is 13.2 Å². The molecular formula is C22H17F3N4O5. The average molecular weight is 474 g/mol. The second-order valence-electron chi connectivity index (χ2n) is 7.74. The third kappa shape index (κ3) is 4.60. The van der Waals surface area contributed by atoms with Gasteiger partial charge < -0.3 is 20.4 Å². The van der Waals surface area contributed by atoms with Crippen LogP contribution in [-0.2, 0) is 15.8 Å². The third-order valence-electron chi connectivity index (χ3n) is 5.47. The van der Waals surface area contributed by atoms with Gasteiger partial charge in [0, 0.05) is 17.8 Å². The van der Waals surface area contributed by atoms with E-state index in [9.17, 15) is 37.8 Å². The summed E-state index contributed by atoms with van der Waals surface area (Å²) in [4.78, 5) is 44.8. The number of likely N-dealkylation sites (tertiary alicyclic amines) is 1. The van der Waals surface area contributed by atoms with Crippen molar-refractivity contribution < 1.29 is 37.8 Å². The maximum Gasteiger partial charge on any atom is 0.416 e. The van der Waals surface area contributed by atoms with Crippen LogP contribution in [0.5, 0.6) is 0 Å². The van der Waals surface area contributed by atoms with Gasteiger partial charge in [0.25, 0.3) is 5.91 Å². The van der Waals surface area contributed by atoms with E-state index >= 15 is 0 Å². The number of anilines is 2. The van der Waals surface area contributed by atoms with Crippen LogP contribution in [0.4, 0.5) is 24.7 Å². The Morgan fingerprint density at radius 1 is 1.00 bits per heavy atom. The number of rotatable bonds is 5. The summed E-state index contributed by atoms with van der Waals surface area (Å²) in [5.74, 6) is -3.84. The van der Waals surface area contributed by atoms with Crippen LogP contribution in [0.25, 0.3) is 11.0 Å². The zero-order valence-electron chi connectivity index (χ0n) is 17.3. The van der Waals surface area contributed by atoms with Crippen LogP contribution in [0.3, 0.4) is 0 Å². The molecule has 1 fully saturated rings. The molecule has 0 spiro atoms. The Kier molecular flexibility index (Phi) is 5.82. The Hall–Kier alpha value is -4.22. The highest BCUT2D eigenvalue weighted by molar-refractivity contribution is 5.98. The minimum Gasteiger partial charge on any atom is -0.481 e. The van der Waals surface area contributed by atoms with Crippen LogP contribution >= 0.6 is 0 Å². The Bertz CT molecular complexity index is 1280. The van der Waals surface area contributed by atoms with Gasteiger partial charge in [0.05, 0.1) is 28.7 Å². The molecule has 0 saturated carbocycles. The van der Waals surface area contributed by atoms with Gasteiger partial charge in [-0.15, -0.1) is 0 Å². The molecule has 1 aliphatic rings. The van der Waals surface area contributed by atoms with Crippen molar-refractivity contribution in [1.82, 2.24) is 14.9 Å². The standard InChI is InChI=1S/C22H17F3N4O5/c23-22(24,25)13-3-6-15-16(8-13)28-18(9-26-15)27-14-4-1-11(2-5-14)19(30)29-10-12(20(31)32)7-17(29)21(33)34/h1-6,8-9,12,17H,7,10H2,(H,27,28)(H,31,32)(H,33,34). The molecule has 0 radical (unpaired) electrons. The van der Waals surface area contributed by atoms with Crippen LogP contribution in [0.2, 0.25) is 0 Å². The number of carboxylic acid groups (broad SMARTS) is 2. The molecule has 1 amide bonds. The number of nitrogens with one attached hydrogen (secondary N) is 1. The lowest BCUT2D eigenvalue weighted by atomic mass is 10.1. The molecule has 2 aromatic carbocycles. The first-order chi connectivity index (χ1) is 16.0. The molecule has 2 unspecified atom stereocenters. The molecule has 34 heavy (non-hydrogen) atoms. The molecule has 1 aliphatic heterocycles. The zero-order valence-corrected chi connectivity index (χ0v) is 17.3. The molecule has 1 aromatic heterocycles. The molecule has 0 bridgehead atoms. The Labute approximate surface area is 189 Å². The van der Waals surface area contributed by atoms with E-state index in [0.29, 0.717) is 5.69 Å². The van der Waals surface area contributed by atoms with Crippen LogP contribution in [0.1, 0.15) is 22.3 Å². The number of amides is 1. The van der Waals surface area contributed by atoms with E-state index in [1.165, 1.54) is 36.5 Å². The SMILES string of the molecule is O=C(O)C1CC(C(=O)O)N(C(=O)c2ccc(Nc3cnc4ccc(C(F)(F)F)cc4n3)cc2)C1. The van der Waals surface area contributed by atoms with Crippen molar-refractivity contribution in [3.05, 3.63) is 59.8 Å². The predicted molar refractivity (Wildman–Crippen MR) is 112 cm³/mol. The lowest BCUT2D eigenvalue weighted by Gasteiger charge is -2.21. The van der Waals surface area contributed by atoms with Crippen LogP contribution < -0.4 is 5.32 Å². The molecule has 0 aliphatic carbocycles. The summed E-state index contributed by atoms with van der Waals surface area (Å²) < 4.78 is 38.9. The Morgan fingerprint density at radius 3 is 2.32 bits per heavy atom. The van der Waals surface area contributed by atoms with Gasteiger partial charge in [-0.05, 0) is 48.9 Å². The fourth-order valence-electron chi connectivity index (χ4n) is 3.73. The summed E-state index contributed by atoms with van der Waals surface area (Å²) in [5, 5.41) is 21.4. The Morgan fingerprint density at radius 2 is 1.71 bits per heavy atom. The largest absolute Gasteiger partial charge is 0.481 e. The van der Waals surface area contributed by atoms with Crippen molar-refractivity contribution in [3.8, 4) is 0 Å². The number of benzene rings is 2. The number of halogens is 3.